The fraction of sp³-hybridized carbons (Fsp3) is 0.286. The summed E-state index contributed by atoms with van der Waals surface area (Å²) >= 11 is 0. The van der Waals surface area contributed by atoms with Gasteiger partial charge in [-0.3, -0.25) is 19.3 Å². The van der Waals surface area contributed by atoms with E-state index in [-0.39, 0.29) is 45.2 Å². The minimum atomic E-state index is -2.05. The number of piperazine rings is 1. The molecule has 4 aliphatic rings. The van der Waals surface area contributed by atoms with Gasteiger partial charge in [-0.15, -0.1) is 0 Å². The number of esters is 1. The molecule has 6 aromatic rings. The number of ether oxygens (including phenoxy) is 5. The Morgan fingerprint density at radius 2 is 1.40 bits per heavy atom. The quantitative estimate of drug-likeness (QED) is 0.0853. The lowest BCUT2D eigenvalue weighted by molar-refractivity contribution is -0.179. The summed E-state index contributed by atoms with van der Waals surface area (Å²) in [4.78, 5) is 78.8. The van der Waals surface area contributed by atoms with Gasteiger partial charge in [0.1, 0.15) is 42.3 Å². The van der Waals surface area contributed by atoms with Gasteiger partial charge in [0.2, 0.25) is 17.8 Å². The Morgan fingerprint density at radius 1 is 0.722 bits per heavy atom. The molecule has 10 rings (SSSR count). The molecule has 1 N–H and O–H groups in total. The van der Waals surface area contributed by atoms with E-state index in [9.17, 15) is 9.90 Å². The Bertz CT molecular complexity index is 3000. The van der Waals surface area contributed by atoms with Crippen molar-refractivity contribution in [2.24, 2.45) is 5.92 Å². The van der Waals surface area contributed by atoms with E-state index in [4.69, 9.17) is 23.7 Å². The summed E-state index contributed by atoms with van der Waals surface area (Å²) in [6, 6.07) is 36.8. The monoisotopic (exact) mass is 968 g/mol. The highest BCUT2D eigenvalue weighted by atomic mass is 16.6. The van der Waals surface area contributed by atoms with Crippen molar-refractivity contribution in [2.45, 2.75) is 29.6 Å². The van der Waals surface area contributed by atoms with Crippen LogP contribution in [0.4, 0.5) is 16.4 Å². The summed E-state index contributed by atoms with van der Waals surface area (Å²) in [5.74, 6) is 4.56. The number of morpholine rings is 1. The van der Waals surface area contributed by atoms with Gasteiger partial charge in [0.25, 0.3) is 0 Å². The summed E-state index contributed by atoms with van der Waals surface area (Å²) < 4.78 is 29.1. The number of aliphatic hydroxyl groups excluding tert-OH is 1. The molecule has 0 bridgehead atoms. The lowest BCUT2D eigenvalue weighted by Gasteiger charge is -2.46. The molecule has 4 aliphatic heterocycles. The second-order valence-electron chi connectivity index (χ2n) is 17.7. The summed E-state index contributed by atoms with van der Waals surface area (Å²) in [5, 5.41) is 9.87. The summed E-state index contributed by atoms with van der Waals surface area (Å²) in [5.41, 5.74) is 1.52. The van der Waals surface area contributed by atoms with Gasteiger partial charge < -0.3 is 38.6 Å². The van der Waals surface area contributed by atoms with Crippen LogP contribution in [0, 0.1) is 17.8 Å². The molecule has 366 valence electrons. The smallest absolute Gasteiger partial charge is 0.421 e. The normalized spacial score (nSPS) is 22.4. The first kappa shape index (κ1) is 47.6. The minimum absolute atomic E-state index is 0.0269. The lowest BCUT2D eigenvalue weighted by Crippen LogP contribution is -2.59. The van der Waals surface area contributed by atoms with Crippen LogP contribution in [0.25, 0.3) is 0 Å². The Morgan fingerprint density at radius 3 is 2.10 bits per heavy atom. The van der Waals surface area contributed by atoms with E-state index in [2.05, 4.69) is 21.8 Å². The molecule has 16 heteroatoms. The third kappa shape index (κ3) is 8.65. The number of benzene rings is 5. The average Bonchev–Trinajstić information content (AvgIpc) is 3.89. The van der Waals surface area contributed by atoms with E-state index in [1.54, 1.807) is 79.0 Å². The van der Waals surface area contributed by atoms with Gasteiger partial charge >= 0.3 is 12.1 Å². The van der Waals surface area contributed by atoms with Crippen LogP contribution in [-0.4, -0.2) is 122 Å². The van der Waals surface area contributed by atoms with Crippen molar-refractivity contribution in [2.75, 3.05) is 76.6 Å². The predicted molar refractivity (Wildman–Crippen MR) is 264 cm³/mol. The molecule has 6 atom stereocenters. The van der Waals surface area contributed by atoms with Gasteiger partial charge in [0, 0.05) is 56.8 Å². The molecule has 0 saturated carbocycles. The van der Waals surface area contributed by atoms with Crippen LogP contribution < -0.4 is 19.3 Å². The number of imide groups is 1. The van der Waals surface area contributed by atoms with Crippen LogP contribution in [-0.2, 0) is 34.0 Å². The summed E-state index contributed by atoms with van der Waals surface area (Å²) in [6.45, 7) is 0.709. The first-order valence-corrected chi connectivity index (χ1v) is 23.8. The maximum atomic E-state index is 16.6. The van der Waals surface area contributed by atoms with Crippen molar-refractivity contribution < 1.29 is 48.0 Å². The van der Waals surface area contributed by atoms with Gasteiger partial charge in [-0.25, -0.2) is 19.7 Å². The molecular weight excluding hydrogens is 917 g/mol. The van der Waals surface area contributed by atoms with Gasteiger partial charge in [0.05, 0.1) is 44.0 Å². The Labute approximate surface area is 416 Å². The number of anilines is 2. The van der Waals surface area contributed by atoms with Crippen molar-refractivity contribution in [3.05, 3.63) is 179 Å². The fourth-order valence-electron chi connectivity index (χ4n) is 10.8. The van der Waals surface area contributed by atoms with Crippen molar-refractivity contribution in [1.29, 1.82) is 0 Å². The second kappa shape index (κ2) is 20.7. The van der Waals surface area contributed by atoms with E-state index in [0.717, 1.165) is 10.5 Å². The first-order valence-electron chi connectivity index (χ1n) is 23.8. The largest absolute Gasteiger partial charge is 0.497 e. The zero-order valence-electron chi connectivity index (χ0n) is 39.7. The van der Waals surface area contributed by atoms with Gasteiger partial charge in [-0.2, -0.15) is 0 Å². The van der Waals surface area contributed by atoms with E-state index >= 15 is 14.4 Å². The number of rotatable bonds is 12. The molecule has 72 heavy (non-hydrogen) atoms. The van der Waals surface area contributed by atoms with Gasteiger partial charge in [-0.05, 0) is 82.9 Å². The third-order valence-corrected chi connectivity index (χ3v) is 13.8. The number of carbonyl (C=O) groups excluding carboxylic acids is 4. The van der Waals surface area contributed by atoms with Crippen LogP contribution in [0.3, 0.4) is 0 Å². The standard InChI is InChI=1S/C56H52N6O10/c1-68-33-34-71-55(67)61-45-24-21-38(18-17-37-19-22-42(69-2)23-20-37)35-44(45)56(53(61)66)46(51(64)59-27-29-60(30-28-59)54-57-25-10-26-58-54)48-52(65)72-49(40-13-7-4-8-14-40)47(39-11-5-3-6-12-39)62(48)50(56)41-15-9-16-43(36-41)70-32-31-63/h3-16,19-26,35-36,46-50,63H,27-34H2,1-2H3. The van der Waals surface area contributed by atoms with Crippen LogP contribution in [0.5, 0.6) is 11.5 Å². The molecule has 5 aromatic carbocycles. The minimum Gasteiger partial charge on any atom is -0.497 e. The summed E-state index contributed by atoms with van der Waals surface area (Å²) in [6.07, 6.45) is 1.41. The van der Waals surface area contributed by atoms with E-state index in [0.29, 0.717) is 58.4 Å². The number of methoxy groups -OCH3 is 2. The molecular formula is C56H52N6O10. The maximum Gasteiger partial charge on any atom is 0.421 e. The molecule has 3 saturated heterocycles. The third-order valence-electron chi connectivity index (χ3n) is 13.8. The van der Waals surface area contributed by atoms with Crippen LogP contribution in [0.1, 0.15) is 51.6 Å². The number of amides is 3. The number of hydrogen-bond donors (Lipinski definition) is 1. The second-order valence-corrected chi connectivity index (χ2v) is 17.7. The maximum absolute atomic E-state index is 16.6. The number of hydrogen-bond acceptors (Lipinski definition) is 14. The number of aliphatic hydroxyl groups is 1. The average molecular weight is 969 g/mol. The summed E-state index contributed by atoms with van der Waals surface area (Å²) in [7, 11) is 3.06. The molecule has 1 spiro atoms. The molecule has 5 heterocycles. The van der Waals surface area contributed by atoms with E-state index < -0.39 is 59.4 Å². The number of fused-ring (bicyclic) bond motifs is 3. The highest BCUT2D eigenvalue weighted by Gasteiger charge is 2.76. The number of aromatic nitrogens is 2. The molecule has 3 amide bonds. The van der Waals surface area contributed by atoms with E-state index in [1.165, 1.54) is 7.11 Å². The number of carbonyl (C=O) groups is 4. The Kier molecular flexibility index (Phi) is 13.7. The Hall–Kier alpha value is -8.10. The fourth-order valence-corrected chi connectivity index (χ4v) is 10.8. The molecule has 0 radical (unpaired) electrons. The predicted octanol–water partition coefficient (Wildman–Crippen LogP) is 6.05. The molecule has 3 fully saturated rings. The Balaban J connectivity index is 1.24. The van der Waals surface area contributed by atoms with Crippen molar-refractivity contribution in [1.82, 2.24) is 19.8 Å². The van der Waals surface area contributed by atoms with Gasteiger partial charge in [-0.1, -0.05) is 84.6 Å². The van der Waals surface area contributed by atoms with Crippen LogP contribution >= 0.6 is 0 Å². The first-order chi connectivity index (χ1) is 35.3. The molecule has 0 aliphatic carbocycles. The van der Waals surface area contributed by atoms with Crippen LogP contribution in [0.2, 0.25) is 0 Å². The topological polar surface area (TPSA) is 173 Å². The van der Waals surface area contributed by atoms with Crippen molar-refractivity contribution >= 4 is 35.5 Å². The lowest BCUT2D eigenvalue weighted by atomic mass is 9.64. The zero-order valence-corrected chi connectivity index (χ0v) is 39.7. The molecule has 16 nitrogen and oxygen atoms in total. The molecule has 6 unspecified atom stereocenters. The number of nitrogens with zero attached hydrogens (tertiary/aromatic N) is 6. The SMILES string of the molecule is COCCOC(=O)N1C(=O)C2(c3cc(C#Cc4ccc(OC)cc4)ccc31)C(C(=O)N1CCN(c3ncccn3)CC1)C1C(=O)OC(c3ccccc3)C(c3ccccc3)N1C2c1cccc(OCCO)c1. The van der Waals surface area contributed by atoms with E-state index in [1.807, 2.05) is 88.7 Å². The highest BCUT2D eigenvalue weighted by molar-refractivity contribution is 6.23. The highest BCUT2D eigenvalue weighted by Crippen LogP contribution is 2.66. The van der Waals surface area contributed by atoms with Crippen molar-refractivity contribution in [3.8, 4) is 23.3 Å². The van der Waals surface area contributed by atoms with Crippen molar-refractivity contribution in [3.63, 3.8) is 0 Å². The molecule has 1 aromatic heterocycles. The number of cyclic esters (lactones) is 1. The van der Waals surface area contributed by atoms with Crippen LogP contribution in [0.15, 0.2) is 146 Å². The zero-order chi connectivity index (χ0) is 49.8. The van der Waals surface area contributed by atoms with Gasteiger partial charge in [0.15, 0.2) is 0 Å².